The molecule has 1 atom stereocenters. The summed E-state index contributed by atoms with van der Waals surface area (Å²) in [6.45, 7) is 4.55. The maximum atomic E-state index is 10.5. The third-order valence-electron chi connectivity index (χ3n) is 3.12. The van der Waals surface area contributed by atoms with E-state index in [1.165, 1.54) is 0 Å². The Labute approximate surface area is 117 Å². The monoisotopic (exact) mass is 280 g/mol. The fourth-order valence-corrected chi connectivity index (χ4v) is 2.18. The second-order valence-electron chi connectivity index (χ2n) is 4.33. The molecule has 0 amide bonds. The van der Waals surface area contributed by atoms with Crippen molar-refractivity contribution in [2.45, 2.75) is 26.5 Å². The van der Waals surface area contributed by atoms with E-state index in [9.17, 15) is 5.11 Å². The molecule has 0 aliphatic rings. The molecule has 4 nitrogen and oxygen atoms in total. The van der Waals surface area contributed by atoms with Crippen LogP contribution in [0.5, 0.6) is 5.75 Å². The van der Waals surface area contributed by atoms with Gasteiger partial charge in [-0.15, -0.1) is 0 Å². The van der Waals surface area contributed by atoms with Crippen molar-refractivity contribution in [2.75, 3.05) is 7.11 Å². The zero-order chi connectivity index (χ0) is 14.0. The molecule has 0 aliphatic carbocycles. The van der Waals surface area contributed by atoms with E-state index in [0.29, 0.717) is 23.0 Å². The van der Waals surface area contributed by atoms with Crippen LogP contribution in [0.4, 0.5) is 0 Å². The van der Waals surface area contributed by atoms with Crippen LogP contribution in [0.25, 0.3) is 0 Å². The van der Waals surface area contributed by atoms with Crippen molar-refractivity contribution in [1.29, 1.82) is 0 Å². The highest BCUT2D eigenvalue weighted by molar-refractivity contribution is 6.31. The van der Waals surface area contributed by atoms with Gasteiger partial charge in [0.2, 0.25) is 0 Å². The molecular weight excluding hydrogens is 264 g/mol. The number of halogens is 1. The van der Waals surface area contributed by atoms with Crippen LogP contribution >= 0.6 is 11.6 Å². The highest BCUT2D eigenvalue weighted by Gasteiger charge is 2.21. The van der Waals surface area contributed by atoms with Crippen LogP contribution in [0.2, 0.25) is 5.02 Å². The number of benzene rings is 1. The normalized spacial score (nSPS) is 12.5. The first-order chi connectivity index (χ1) is 9.08. The number of hydrogen-bond acceptors (Lipinski definition) is 3. The minimum atomic E-state index is -0.784. The lowest BCUT2D eigenvalue weighted by Crippen LogP contribution is -2.10. The fourth-order valence-electron chi connectivity index (χ4n) is 2.06. The number of rotatable bonds is 4. The number of aliphatic hydroxyl groups excluding tert-OH is 1. The largest absolute Gasteiger partial charge is 0.493 e. The molecule has 5 heteroatoms. The molecule has 1 heterocycles. The summed E-state index contributed by atoms with van der Waals surface area (Å²) in [4.78, 5) is 0. The number of methoxy groups -OCH3 is 1. The van der Waals surface area contributed by atoms with Gasteiger partial charge in [-0.25, -0.2) is 0 Å². The average molecular weight is 281 g/mol. The summed E-state index contributed by atoms with van der Waals surface area (Å²) >= 11 is 6.00. The van der Waals surface area contributed by atoms with Crippen molar-refractivity contribution in [3.63, 3.8) is 0 Å². The van der Waals surface area contributed by atoms with Crippen molar-refractivity contribution >= 4 is 11.6 Å². The predicted octanol–water partition coefficient (Wildman–Crippen LogP) is 2.96. The summed E-state index contributed by atoms with van der Waals surface area (Å²) in [7, 11) is 1.57. The number of ether oxygens (including phenoxy) is 1. The van der Waals surface area contributed by atoms with Gasteiger partial charge < -0.3 is 9.84 Å². The molecule has 0 saturated carbocycles. The Morgan fingerprint density at radius 2 is 2.21 bits per heavy atom. The maximum Gasteiger partial charge on any atom is 0.163 e. The SMILES string of the molecule is CCn1ncc(OC)c1C(O)c1ccc(Cl)c(C)c1. The Kier molecular flexibility index (Phi) is 4.12. The van der Waals surface area contributed by atoms with Crippen molar-refractivity contribution in [3.8, 4) is 5.75 Å². The molecule has 0 spiro atoms. The third kappa shape index (κ3) is 2.60. The highest BCUT2D eigenvalue weighted by Crippen LogP contribution is 2.31. The fraction of sp³-hybridized carbons (Fsp3) is 0.357. The first-order valence-corrected chi connectivity index (χ1v) is 6.50. The second-order valence-corrected chi connectivity index (χ2v) is 4.73. The van der Waals surface area contributed by atoms with E-state index in [2.05, 4.69) is 5.10 Å². The third-order valence-corrected chi connectivity index (χ3v) is 3.55. The Bertz CT molecular complexity index is 559. The van der Waals surface area contributed by atoms with Gasteiger partial charge >= 0.3 is 0 Å². The molecular formula is C14H17ClN2O2. The topological polar surface area (TPSA) is 47.3 Å². The summed E-state index contributed by atoms with van der Waals surface area (Å²) in [5, 5.41) is 15.4. The van der Waals surface area contributed by atoms with Crippen LogP contribution in [0.3, 0.4) is 0 Å². The Morgan fingerprint density at radius 1 is 1.47 bits per heavy atom. The van der Waals surface area contributed by atoms with Gasteiger partial charge in [-0.2, -0.15) is 5.10 Å². The molecule has 1 unspecified atom stereocenters. The molecule has 2 aromatic rings. The van der Waals surface area contributed by atoms with Crippen molar-refractivity contribution < 1.29 is 9.84 Å². The van der Waals surface area contributed by atoms with Crippen molar-refractivity contribution in [1.82, 2.24) is 9.78 Å². The molecule has 1 aromatic heterocycles. The molecule has 0 saturated heterocycles. The molecule has 1 N–H and O–H groups in total. The average Bonchev–Trinajstić information content (AvgIpc) is 2.83. The lowest BCUT2D eigenvalue weighted by Gasteiger charge is -2.15. The van der Waals surface area contributed by atoms with E-state index in [0.717, 1.165) is 11.1 Å². The Hall–Kier alpha value is -1.52. The van der Waals surface area contributed by atoms with Gasteiger partial charge in [-0.3, -0.25) is 4.68 Å². The highest BCUT2D eigenvalue weighted by atomic mass is 35.5. The molecule has 0 aliphatic heterocycles. The molecule has 19 heavy (non-hydrogen) atoms. The molecule has 1 aromatic carbocycles. The molecule has 0 radical (unpaired) electrons. The number of aliphatic hydroxyl groups is 1. The lowest BCUT2D eigenvalue weighted by molar-refractivity contribution is 0.202. The number of aryl methyl sites for hydroxylation is 2. The second kappa shape index (κ2) is 5.63. The molecule has 102 valence electrons. The van der Waals surface area contributed by atoms with Crippen LogP contribution in [0.15, 0.2) is 24.4 Å². The lowest BCUT2D eigenvalue weighted by atomic mass is 10.0. The number of aromatic nitrogens is 2. The standard InChI is InChI=1S/C14H17ClN2O2/c1-4-17-13(12(19-3)8-16-17)14(18)10-5-6-11(15)9(2)7-10/h5-8,14,18H,4H2,1-3H3. The van der Waals surface area contributed by atoms with E-state index in [-0.39, 0.29) is 0 Å². The summed E-state index contributed by atoms with van der Waals surface area (Å²) in [5.74, 6) is 0.585. The predicted molar refractivity (Wildman–Crippen MR) is 74.7 cm³/mol. The Balaban J connectivity index is 2.45. The first kappa shape index (κ1) is 13.9. The number of hydrogen-bond donors (Lipinski definition) is 1. The van der Waals surface area contributed by atoms with Gasteiger partial charge in [0.1, 0.15) is 11.8 Å². The van der Waals surface area contributed by atoms with E-state index in [1.54, 1.807) is 24.1 Å². The van der Waals surface area contributed by atoms with Gasteiger partial charge in [0.05, 0.1) is 13.3 Å². The molecule has 0 bridgehead atoms. The van der Waals surface area contributed by atoms with Crippen molar-refractivity contribution in [3.05, 3.63) is 46.2 Å². The minimum absolute atomic E-state index is 0.585. The zero-order valence-electron chi connectivity index (χ0n) is 11.2. The van der Waals surface area contributed by atoms with Gasteiger partial charge in [0.25, 0.3) is 0 Å². The van der Waals surface area contributed by atoms with E-state index in [1.807, 2.05) is 26.0 Å². The Morgan fingerprint density at radius 3 is 2.79 bits per heavy atom. The maximum absolute atomic E-state index is 10.5. The summed E-state index contributed by atoms with van der Waals surface area (Å²) in [5.41, 5.74) is 2.36. The smallest absolute Gasteiger partial charge is 0.163 e. The van der Waals surface area contributed by atoms with Gasteiger partial charge in [-0.05, 0) is 31.0 Å². The van der Waals surface area contributed by atoms with Gasteiger partial charge in [0.15, 0.2) is 5.75 Å². The summed E-state index contributed by atoms with van der Waals surface area (Å²) < 4.78 is 6.98. The summed E-state index contributed by atoms with van der Waals surface area (Å²) in [6, 6.07) is 5.47. The summed E-state index contributed by atoms with van der Waals surface area (Å²) in [6.07, 6.45) is 0.832. The van der Waals surface area contributed by atoms with E-state index in [4.69, 9.17) is 16.3 Å². The quantitative estimate of drug-likeness (QED) is 0.937. The van der Waals surface area contributed by atoms with E-state index < -0.39 is 6.10 Å². The molecule has 2 rings (SSSR count). The first-order valence-electron chi connectivity index (χ1n) is 6.12. The van der Waals surface area contributed by atoms with Gasteiger partial charge in [0, 0.05) is 11.6 Å². The van der Waals surface area contributed by atoms with Crippen LogP contribution in [0.1, 0.15) is 29.8 Å². The van der Waals surface area contributed by atoms with Crippen LogP contribution in [0, 0.1) is 6.92 Å². The zero-order valence-corrected chi connectivity index (χ0v) is 12.0. The van der Waals surface area contributed by atoms with Crippen LogP contribution < -0.4 is 4.74 Å². The van der Waals surface area contributed by atoms with Crippen molar-refractivity contribution in [2.24, 2.45) is 0 Å². The molecule has 0 fully saturated rings. The van der Waals surface area contributed by atoms with Gasteiger partial charge in [-0.1, -0.05) is 23.7 Å². The number of nitrogens with zero attached hydrogens (tertiary/aromatic N) is 2. The minimum Gasteiger partial charge on any atom is -0.493 e. The van der Waals surface area contributed by atoms with Crippen LogP contribution in [-0.2, 0) is 6.54 Å². The van der Waals surface area contributed by atoms with E-state index >= 15 is 0 Å². The van der Waals surface area contributed by atoms with Crippen LogP contribution in [-0.4, -0.2) is 22.0 Å².